The average molecular weight is 205 g/mol. The van der Waals surface area contributed by atoms with Crippen molar-refractivity contribution in [3.05, 3.63) is 29.8 Å². The maximum atomic E-state index is 5.74. The zero-order chi connectivity index (χ0) is 10.5. The number of hydrogen-bond donors (Lipinski definition) is 0. The van der Waals surface area contributed by atoms with E-state index in [1.807, 2.05) is 24.2 Å². The number of nitrogens with zero attached hydrogens (tertiary/aromatic N) is 1. The van der Waals surface area contributed by atoms with Gasteiger partial charge in [0.1, 0.15) is 5.75 Å². The van der Waals surface area contributed by atoms with Gasteiger partial charge in [-0.15, -0.1) is 0 Å². The molecule has 0 bridgehead atoms. The highest BCUT2D eigenvalue weighted by molar-refractivity contribution is 5.41. The Morgan fingerprint density at radius 3 is 3.00 bits per heavy atom. The van der Waals surface area contributed by atoms with Crippen molar-refractivity contribution in [2.75, 3.05) is 20.3 Å². The molecule has 80 valence electrons. The first-order chi connectivity index (χ1) is 7.23. The molecule has 0 amide bonds. The second-order valence-corrected chi connectivity index (χ2v) is 4.44. The van der Waals surface area contributed by atoms with Crippen LogP contribution >= 0.6 is 0 Å². The molecule has 0 unspecified atom stereocenters. The molecular weight excluding hydrogens is 190 g/mol. The lowest BCUT2D eigenvalue weighted by Crippen LogP contribution is -2.45. The van der Waals surface area contributed by atoms with Crippen molar-refractivity contribution < 1.29 is 9.57 Å². The maximum Gasteiger partial charge on any atom is 0.124 e. The SMILES string of the molecule is CN1OC[C@@H]2COc3ccccc3[C@@]21C. The Hall–Kier alpha value is -1.06. The van der Waals surface area contributed by atoms with Gasteiger partial charge in [0.05, 0.1) is 18.8 Å². The minimum Gasteiger partial charge on any atom is -0.493 e. The summed E-state index contributed by atoms with van der Waals surface area (Å²) in [7, 11) is 2.00. The molecule has 1 aromatic rings. The molecule has 3 heteroatoms. The number of rotatable bonds is 0. The predicted octanol–water partition coefficient (Wildman–Crippen LogP) is 1.79. The van der Waals surface area contributed by atoms with Crippen LogP contribution in [0.15, 0.2) is 24.3 Å². The number of hydrogen-bond acceptors (Lipinski definition) is 3. The molecule has 3 rings (SSSR count). The van der Waals surface area contributed by atoms with Gasteiger partial charge < -0.3 is 4.74 Å². The zero-order valence-electron chi connectivity index (χ0n) is 9.06. The van der Waals surface area contributed by atoms with Gasteiger partial charge in [0.2, 0.25) is 0 Å². The van der Waals surface area contributed by atoms with Gasteiger partial charge in [0.25, 0.3) is 0 Å². The summed E-state index contributed by atoms with van der Waals surface area (Å²) >= 11 is 0. The Bertz CT molecular complexity index is 393. The Balaban J connectivity index is 2.16. The summed E-state index contributed by atoms with van der Waals surface area (Å²) < 4.78 is 5.74. The van der Waals surface area contributed by atoms with Crippen LogP contribution in [0.3, 0.4) is 0 Å². The molecule has 15 heavy (non-hydrogen) atoms. The van der Waals surface area contributed by atoms with Gasteiger partial charge in [-0.2, -0.15) is 5.06 Å². The Morgan fingerprint density at radius 1 is 1.33 bits per heavy atom. The van der Waals surface area contributed by atoms with Gasteiger partial charge in [-0.25, -0.2) is 0 Å². The number of ether oxygens (including phenoxy) is 1. The van der Waals surface area contributed by atoms with Crippen molar-refractivity contribution in [3.63, 3.8) is 0 Å². The van der Waals surface area contributed by atoms with Crippen LogP contribution in [0.25, 0.3) is 0 Å². The van der Waals surface area contributed by atoms with Crippen LogP contribution in [-0.2, 0) is 10.4 Å². The molecule has 0 aliphatic carbocycles. The smallest absolute Gasteiger partial charge is 0.124 e. The van der Waals surface area contributed by atoms with E-state index >= 15 is 0 Å². The molecule has 0 N–H and O–H groups in total. The van der Waals surface area contributed by atoms with E-state index in [2.05, 4.69) is 19.1 Å². The van der Waals surface area contributed by atoms with E-state index in [1.165, 1.54) is 5.56 Å². The molecule has 0 spiro atoms. The van der Waals surface area contributed by atoms with Crippen molar-refractivity contribution in [1.29, 1.82) is 0 Å². The Morgan fingerprint density at radius 2 is 2.13 bits per heavy atom. The molecule has 2 aliphatic rings. The topological polar surface area (TPSA) is 21.7 Å². The summed E-state index contributed by atoms with van der Waals surface area (Å²) in [5.74, 6) is 1.42. The first-order valence-electron chi connectivity index (χ1n) is 5.32. The molecule has 0 radical (unpaired) electrons. The van der Waals surface area contributed by atoms with Gasteiger partial charge in [0, 0.05) is 18.5 Å². The van der Waals surface area contributed by atoms with Crippen LogP contribution in [0, 0.1) is 5.92 Å². The molecule has 1 saturated heterocycles. The van der Waals surface area contributed by atoms with Crippen LogP contribution in [0.1, 0.15) is 12.5 Å². The summed E-state index contributed by atoms with van der Waals surface area (Å²) in [5.41, 5.74) is 1.20. The number of fused-ring (bicyclic) bond motifs is 3. The maximum absolute atomic E-state index is 5.74. The fourth-order valence-electron chi connectivity index (χ4n) is 2.56. The van der Waals surface area contributed by atoms with Crippen LogP contribution < -0.4 is 4.74 Å². The second-order valence-electron chi connectivity index (χ2n) is 4.44. The van der Waals surface area contributed by atoms with Gasteiger partial charge in [-0.3, -0.25) is 4.84 Å². The summed E-state index contributed by atoms with van der Waals surface area (Å²) in [5, 5.41) is 1.97. The van der Waals surface area contributed by atoms with Crippen molar-refractivity contribution in [1.82, 2.24) is 5.06 Å². The summed E-state index contributed by atoms with van der Waals surface area (Å²) in [6.07, 6.45) is 0. The third-order valence-corrected chi connectivity index (χ3v) is 3.79. The van der Waals surface area contributed by atoms with E-state index in [-0.39, 0.29) is 5.54 Å². The van der Waals surface area contributed by atoms with Crippen LogP contribution in [-0.4, -0.2) is 25.3 Å². The van der Waals surface area contributed by atoms with Gasteiger partial charge in [-0.1, -0.05) is 18.2 Å². The van der Waals surface area contributed by atoms with E-state index in [4.69, 9.17) is 9.57 Å². The highest BCUT2D eigenvalue weighted by Gasteiger charge is 2.50. The van der Waals surface area contributed by atoms with Crippen molar-refractivity contribution >= 4 is 0 Å². The van der Waals surface area contributed by atoms with E-state index in [0.717, 1.165) is 19.0 Å². The van der Waals surface area contributed by atoms with Crippen LogP contribution in [0.4, 0.5) is 0 Å². The lowest BCUT2D eigenvalue weighted by Gasteiger charge is -2.39. The third-order valence-electron chi connectivity index (χ3n) is 3.79. The van der Waals surface area contributed by atoms with E-state index < -0.39 is 0 Å². The molecule has 1 aromatic carbocycles. The second kappa shape index (κ2) is 2.97. The average Bonchev–Trinajstić information content (AvgIpc) is 2.56. The predicted molar refractivity (Wildman–Crippen MR) is 56.5 cm³/mol. The van der Waals surface area contributed by atoms with Crippen LogP contribution in [0.2, 0.25) is 0 Å². The third kappa shape index (κ3) is 1.08. The van der Waals surface area contributed by atoms with E-state index in [1.54, 1.807) is 0 Å². The molecule has 0 saturated carbocycles. The standard InChI is InChI=1S/C12H15NO2/c1-12-9(8-15-13(12)2)7-14-11-6-4-3-5-10(11)12/h3-6,9H,7-8H2,1-2H3/t9-,12+/m0/s1. The van der Waals surface area contributed by atoms with Gasteiger partial charge >= 0.3 is 0 Å². The molecule has 1 fully saturated rings. The fourth-order valence-corrected chi connectivity index (χ4v) is 2.56. The van der Waals surface area contributed by atoms with E-state index in [0.29, 0.717) is 5.92 Å². The monoisotopic (exact) mass is 205 g/mol. The minimum atomic E-state index is -0.0329. The quantitative estimate of drug-likeness (QED) is 0.644. The molecule has 2 heterocycles. The van der Waals surface area contributed by atoms with Crippen molar-refractivity contribution in [3.8, 4) is 5.75 Å². The number of benzene rings is 1. The summed E-state index contributed by atoms with van der Waals surface area (Å²) in [6, 6.07) is 8.23. The zero-order valence-corrected chi connectivity index (χ0v) is 9.06. The fraction of sp³-hybridized carbons (Fsp3) is 0.500. The van der Waals surface area contributed by atoms with Gasteiger partial charge in [-0.05, 0) is 13.0 Å². The lowest BCUT2D eigenvalue weighted by atomic mass is 9.79. The highest BCUT2D eigenvalue weighted by atomic mass is 16.7. The van der Waals surface area contributed by atoms with Gasteiger partial charge in [0.15, 0.2) is 0 Å². The summed E-state index contributed by atoms with van der Waals surface area (Å²) in [6.45, 7) is 3.73. The first-order valence-corrected chi connectivity index (χ1v) is 5.32. The molecule has 2 aliphatic heterocycles. The Kier molecular flexibility index (Phi) is 1.82. The lowest BCUT2D eigenvalue weighted by molar-refractivity contribution is -0.143. The normalized spacial score (nSPS) is 34.4. The molecule has 2 atom stereocenters. The van der Waals surface area contributed by atoms with E-state index in [9.17, 15) is 0 Å². The largest absolute Gasteiger partial charge is 0.493 e. The molecule has 3 nitrogen and oxygen atoms in total. The Labute approximate surface area is 89.6 Å². The first kappa shape index (κ1) is 9.19. The van der Waals surface area contributed by atoms with Crippen molar-refractivity contribution in [2.45, 2.75) is 12.5 Å². The number of para-hydroxylation sites is 1. The minimum absolute atomic E-state index is 0.0329. The number of hydroxylamine groups is 2. The van der Waals surface area contributed by atoms with Crippen molar-refractivity contribution in [2.24, 2.45) is 5.92 Å². The molecule has 0 aromatic heterocycles. The summed E-state index contributed by atoms with van der Waals surface area (Å²) in [4.78, 5) is 5.61. The highest BCUT2D eigenvalue weighted by Crippen LogP contribution is 2.47. The van der Waals surface area contributed by atoms with Crippen LogP contribution in [0.5, 0.6) is 5.75 Å². The molecular formula is C12H15NO2.